The summed E-state index contributed by atoms with van der Waals surface area (Å²) in [5.74, 6) is 1.63. The van der Waals surface area contributed by atoms with Crippen LogP contribution in [0.5, 0.6) is 0 Å². The third-order valence-corrected chi connectivity index (χ3v) is 7.29. The topological polar surface area (TPSA) is 113 Å². The molecule has 1 fully saturated rings. The number of hydrogen-bond donors (Lipinski definition) is 1. The lowest BCUT2D eigenvalue weighted by atomic mass is 10.1. The number of nitrogens with one attached hydrogen (secondary N) is 1. The molecule has 0 radical (unpaired) electrons. The number of carbonyl (C=O) groups excluding carboxylic acids is 1. The normalized spacial score (nSPS) is 14.7. The first-order chi connectivity index (χ1) is 18.0. The van der Waals surface area contributed by atoms with Crippen LogP contribution in [0.2, 0.25) is 0 Å². The Labute approximate surface area is 214 Å². The van der Waals surface area contributed by atoms with Gasteiger partial charge in [-0.15, -0.1) is 15.3 Å². The molecule has 6 rings (SSSR count). The Morgan fingerprint density at radius 1 is 1.00 bits per heavy atom. The smallest absolute Gasteiger partial charge is 0.222 e. The summed E-state index contributed by atoms with van der Waals surface area (Å²) in [6, 6.07) is 10.2. The van der Waals surface area contributed by atoms with Gasteiger partial charge in [0, 0.05) is 50.2 Å². The third kappa shape index (κ3) is 4.46. The van der Waals surface area contributed by atoms with Gasteiger partial charge in [0.2, 0.25) is 5.91 Å². The average Bonchev–Trinajstić information content (AvgIpc) is 3.60. The lowest BCUT2D eigenvalue weighted by Crippen LogP contribution is -2.48. The number of H-pyrrole nitrogens is 1. The van der Waals surface area contributed by atoms with E-state index in [1.54, 1.807) is 4.52 Å². The van der Waals surface area contributed by atoms with Gasteiger partial charge in [-0.3, -0.25) is 14.8 Å². The maximum Gasteiger partial charge on any atom is 0.222 e. The molecule has 1 saturated heterocycles. The van der Waals surface area contributed by atoms with E-state index in [4.69, 9.17) is 5.10 Å². The third-order valence-electron chi connectivity index (χ3n) is 7.29. The number of aromatic amines is 1. The fourth-order valence-electron chi connectivity index (χ4n) is 5.15. The molecule has 0 unspecified atom stereocenters. The summed E-state index contributed by atoms with van der Waals surface area (Å²) in [7, 11) is 0. The number of aromatic nitrogens is 8. The van der Waals surface area contributed by atoms with E-state index in [9.17, 15) is 4.79 Å². The van der Waals surface area contributed by atoms with E-state index in [0.29, 0.717) is 24.3 Å². The zero-order valence-electron chi connectivity index (χ0n) is 21.3. The summed E-state index contributed by atoms with van der Waals surface area (Å²) in [6.45, 7) is 10.0. The molecule has 5 aromatic rings. The quantitative estimate of drug-likeness (QED) is 0.382. The van der Waals surface area contributed by atoms with Gasteiger partial charge in [0.1, 0.15) is 0 Å². The van der Waals surface area contributed by atoms with Crippen molar-refractivity contribution < 1.29 is 4.79 Å². The van der Waals surface area contributed by atoms with Crippen molar-refractivity contribution in [3.63, 3.8) is 0 Å². The van der Waals surface area contributed by atoms with Crippen LogP contribution in [0.25, 0.3) is 22.4 Å². The lowest BCUT2D eigenvalue weighted by molar-refractivity contribution is -0.133. The first-order valence-electron chi connectivity index (χ1n) is 12.6. The predicted molar refractivity (Wildman–Crippen MR) is 138 cm³/mol. The van der Waals surface area contributed by atoms with Crippen LogP contribution in [0.3, 0.4) is 0 Å². The fourth-order valence-corrected chi connectivity index (χ4v) is 5.15. The maximum absolute atomic E-state index is 13.0. The molecule has 1 aliphatic heterocycles. The average molecular weight is 499 g/mol. The number of nitrogens with zero attached hydrogens (tertiary/aromatic N) is 9. The van der Waals surface area contributed by atoms with Crippen molar-refractivity contribution in [2.75, 3.05) is 26.2 Å². The van der Waals surface area contributed by atoms with E-state index < -0.39 is 0 Å². The molecule has 11 nitrogen and oxygen atoms in total. The summed E-state index contributed by atoms with van der Waals surface area (Å²) >= 11 is 0. The van der Waals surface area contributed by atoms with Gasteiger partial charge in [-0.1, -0.05) is 12.1 Å². The molecule has 190 valence electrons. The van der Waals surface area contributed by atoms with Gasteiger partial charge >= 0.3 is 0 Å². The molecule has 0 spiro atoms. The van der Waals surface area contributed by atoms with Crippen LogP contribution >= 0.6 is 0 Å². The van der Waals surface area contributed by atoms with Crippen molar-refractivity contribution in [1.29, 1.82) is 0 Å². The van der Waals surface area contributed by atoms with Crippen LogP contribution in [0.15, 0.2) is 36.5 Å². The molecule has 37 heavy (non-hydrogen) atoms. The number of benzene rings is 1. The van der Waals surface area contributed by atoms with E-state index >= 15 is 0 Å². The van der Waals surface area contributed by atoms with Crippen LogP contribution in [-0.2, 0) is 17.8 Å². The van der Waals surface area contributed by atoms with Crippen molar-refractivity contribution in [1.82, 2.24) is 49.6 Å². The van der Waals surface area contributed by atoms with Crippen LogP contribution in [0, 0.1) is 20.8 Å². The van der Waals surface area contributed by atoms with Crippen LogP contribution in [-0.4, -0.2) is 81.7 Å². The molecule has 1 aliphatic rings. The Morgan fingerprint density at radius 2 is 1.84 bits per heavy atom. The fraction of sp³-hybridized carbons (Fsp3) is 0.385. The SMILES string of the molecule is Cc1nn(-c2ccc3nnc(C)n3n2)c(C)c1CCC(=O)N1CCN(Cc2ccc3cn[nH]c3c2)CC1. The number of hydrogen-bond acceptors (Lipinski definition) is 7. The highest BCUT2D eigenvalue weighted by atomic mass is 16.2. The second-order valence-corrected chi connectivity index (χ2v) is 9.72. The Balaban J connectivity index is 1.06. The van der Waals surface area contributed by atoms with E-state index in [2.05, 4.69) is 48.6 Å². The largest absolute Gasteiger partial charge is 0.340 e. The van der Waals surface area contributed by atoms with Crippen molar-refractivity contribution in [3.05, 3.63) is 64.9 Å². The molecule has 5 heterocycles. The van der Waals surface area contributed by atoms with Crippen molar-refractivity contribution in [2.24, 2.45) is 0 Å². The van der Waals surface area contributed by atoms with Crippen LogP contribution < -0.4 is 0 Å². The van der Waals surface area contributed by atoms with Gasteiger partial charge in [0.05, 0.1) is 17.4 Å². The number of carbonyl (C=O) groups is 1. The lowest BCUT2D eigenvalue weighted by Gasteiger charge is -2.34. The molecular weight excluding hydrogens is 468 g/mol. The monoisotopic (exact) mass is 498 g/mol. The molecule has 4 aromatic heterocycles. The zero-order valence-corrected chi connectivity index (χ0v) is 21.3. The molecule has 0 saturated carbocycles. The van der Waals surface area contributed by atoms with E-state index in [-0.39, 0.29) is 5.91 Å². The molecule has 1 amide bonds. The zero-order chi connectivity index (χ0) is 25.5. The summed E-state index contributed by atoms with van der Waals surface area (Å²) in [6.07, 6.45) is 2.98. The second kappa shape index (κ2) is 9.40. The minimum atomic E-state index is 0.199. The van der Waals surface area contributed by atoms with E-state index in [0.717, 1.165) is 66.4 Å². The predicted octanol–water partition coefficient (Wildman–Crippen LogP) is 2.39. The Hall–Kier alpha value is -4.12. The van der Waals surface area contributed by atoms with Crippen molar-refractivity contribution >= 4 is 22.5 Å². The van der Waals surface area contributed by atoms with Gasteiger partial charge < -0.3 is 4.90 Å². The molecule has 0 bridgehead atoms. The Morgan fingerprint density at radius 3 is 2.68 bits per heavy atom. The van der Waals surface area contributed by atoms with Crippen molar-refractivity contribution in [2.45, 2.75) is 40.2 Å². The Bertz CT molecular complexity index is 1590. The minimum Gasteiger partial charge on any atom is -0.340 e. The standard InChI is InChI=1S/C26H30N10O/c1-17-22(18(2)35(31-17)25-8-7-24-30-28-19(3)36(24)32-25)6-9-26(37)34-12-10-33(11-13-34)16-20-4-5-21-15-27-29-23(21)14-20/h4-5,7-8,14-15H,6,9-13,16H2,1-3H3,(H,27,29). The summed E-state index contributed by atoms with van der Waals surface area (Å²) in [5.41, 5.74) is 6.04. The number of amides is 1. The molecule has 0 aliphatic carbocycles. The highest BCUT2D eigenvalue weighted by Gasteiger charge is 2.22. The molecule has 1 aromatic carbocycles. The minimum absolute atomic E-state index is 0.199. The number of fused-ring (bicyclic) bond motifs is 2. The first kappa shape index (κ1) is 23.3. The summed E-state index contributed by atoms with van der Waals surface area (Å²) in [4.78, 5) is 17.4. The number of piperazine rings is 1. The highest BCUT2D eigenvalue weighted by Crippen LogP contribution is 2.20. The summed E-state index contributed by atoms with van der Waals surface area (Å²) < 4.78 is 3.55. The Kier molecular flexibility index (Phi) is 5.91. The first-order valence-corrected chi connectivity index (χ1v) is 12.6. The van der Waals surface area contributed by atoms with Crippen LogP contribution in [0.4, 0.5) is 0 Å². The number of rotatable bonds is 6. The van der Waals surface area contributed by atoms with E-state index in [1.807, 2.05) is 48.7 Å². The van der Waals surface area contributed by atoms with Gasteiger partial charge in [0.25, 0.3) is 0 Å². The van der Waals surface area contributed by atoms with Gasteiger partial charge in [-0.05, 0) is 56.5 Å². The van der Waals surface area contributed by atoms with Gasteiger partial charge in [-0.2, -0.15) is 14.7 Å². The van der Waals surface area contributed by atoms with Gasteiger partial charge in [0.15, 0.2) is 17.3 Å². The summed E-state index contributed by atoms with van der Waals surface area (Å²) in [5, 5.41) is 25.8. The highest BCUT2D eigenvalue weighted by molar-refractivity contribution is 5.78. The van der Waals surface area contributed by atoms with Crippen LogP contribution in [0.1, 0.15) is 34.8 Å². The molecule has 0 atom stereocenters. The molecular formula is C26H30N10O. The van der Waals surface area contributed by atoms with E-state index in [1.165, 1.54) is 5.56 Å². The molecule has 1 N–H and O–H groups in total. The van der Waals surface area contributed by atoms with Gasteiger partial charge in [-0.25, -0.2) is 4.68 Å². The molecule has 11 heteroatoms. The number of aryl methyl sites for hydroxylation is 2. The van der Waals surface area contributed by atoms with Crippen molar-refractivity contribution in [3.8, 4) is 5.82 Å². The maximum atomic E-state index is 13.0. The second-order valence-electron chi connectivity index (χ2n) is 9.72.